The molecule has 0 saturated carbocycles. The Morgan fingerprint density at radius 3 is 1.69 bits per heavy atom. The highest BCUT2D eigenvalue weighted by Gasteiger charge is 2.51. The normalized spacial score (nSPS) is 16.0. The van der Waals surface area contributed by atoms with E-state index in [0.29, 0.717) is 6.92 Å². The summed E-state index contributed by atoms with van der Waals surface area (Å²) >= 11 is 0. The molecule has 0 aliphatic carbocycles. The molecule has 0 radical (unpaired) electrons. The monoisotopic (exact) mass is 244 g/mol. The van der Waals surface area contributed by atoms with Crippen LogP contribution in [0.5, 0.6) is 0 Å². The number of alkyl halides is 3. The maximum Gasteiger partial charge on any atom is 0.421 e. The highest BCUT2D eigenvalue weighted by molar-refractivity contribution is 5.26. The van der Waals surface area contributed by atoms with Gasteiger partial charge in [0.15, 0.2) is 23.1 Å². The fraction of sp³-hybridized carbons (Fsp3) is 0.333. The highest BCUT2D eigenvalue weighted by atomic mass is 19.4. The fourth-order valence-corrected chi connectivity index (χ4v) is 1.00. The van der Waals surface area contributed by atoms with Crippen LogP contribution in [0.3, 0.4) is 0 Å². The molecule has 1 unspecified atom stereocenters. The van der Waals surface area contributed by atoms with Gasteiger partial charge in [0.05, 0.1) is 0 Å². The Hall–Kier alpha value is -1.24. The van der Waals surface area contributed by atoms with Crippen LogP contribution in [-0.2, 0) is 5.60 Å². The predicted octanol–water partition coefficient (Wildman–Crippen LogP) is 2.87. The van der Waals surface area contributed by atoms with Crippen molar-refractivity contribution in [1.29, 1.82) is 0 Å². The first-order valence-electron chi connectivity index (χ1n) is 4.01. The van der Waals surface area contributed by atoms with Crippen LogP contribution < -0.4 is 0 Å². The molecule has 0 aliphatic heterocycles. The lowest BCUT2D eigenvalue weighted by molar-refractivity contribution is -0.259. The maximum absolute atomic E-state index is 12.7. The van der Waals surface area contributed by atoms with E-state index in [-0.39, 0.29) is 12.1 Å². The zero-order valence-electron chi connectivity index (χ0n) is 7.87. The third-order valence-corrected chi connectivity index (χ3v) is 2.10. The zero-order chi connectivity index (χ0) is 12.7. The molecule has 0 aliphatic rings. The summed E-state index contributed by atoms with van der Waals surface area (Å²) in [7, 11) is 0. The Kier molecular flexibility index (Phi) is 2.93. The third-order valence-electron chi connectivity index (χ3n) is 2.10. The topological polar surface area (TPSA) is 20.2 Å². The number of hydrogen-bond acceptors (Lipinski definition) is 1. The van der Waals surface area contributed by atoms with E-state index in [4.69, 9.17) is 5.11 Å². The summed E-state index contributed by atoms with van der Waals surface area (Å²) in [5.41, 5.74) is -4.54. The van der Waals surface area contributed by atoms with E-state index in [0.717, 1.165) is 0 Å². The summed E-state index contributed by atoms with van der Waals surface area (Å²) in [6.07, 6.45) is -5.12. The standard InChI is InChI=1S/C9H6F6O/c1-8(16,9(13,14)15)4-2-5(10)7(12)6(11)3-4/h2-3,16H,1H3. The van der Waals surface area contributed by atoms with Crippen LogP contribution in [0.15, 0.2) is 12.1 Å². The molecule has 0 amide bonds. The number of benzene rings is 1. The van der Waals surface area contributed by atoms with Crippen molar-refractivity contribution in [3.8, 4) is 0 Å². The van der Waals surface area contributed by atoms with Crippen molar-refractivity contribution in [2.45, 2.75) is 18.7 Å². The molecule has 1 N–H and O–H groups in total. The lowest BCUT2D eigenvalue weighted by atomic mass is 9.95. The van der Waals surface area contributed by atoms with Gasteiger partial charge in [0, 0.05) is 0 Å². The van der Waals surface area contributed by atoms with Gasteiger partial charge in [-0.15, -0.1) is 0 Å². The van der Waals surface area contributed by atoms with Gasteiger partial charge in [-0.2, -0.15) is 13.2 Å². The molecule has 1 aromatic carbocycles. The molecule has 1 atom stereocenters. The average Bonchev–Trinajstić information content (AvgIpc) is 2.11. The van der Waals surface area contributed by atoms with Gasteiger partial charge < -0.3 is 5.11 Å². The van der Waals surface area contributed by atoms with Gasteiger partial charge >= 0.3 is 6.18 Å². The first kappa shape index (κ1) is 12.8. The molecule has 90 valence electrons. The number of aliphatic hydroxyl groups is 1. The Morgan fingerprint density at radius 1 is 1.00 bits per heavy atom. The van der Waals surface area contributed by atoms with Gasteiger partial charge in [-0.05, 0) is 24.6 Å². The van der Waals surface area contributed by atoms with Crippen molar-refractivity contribution in [2.24, 2.45) is 0 Å². The third kappa shape index (κ3) is 1.99. The van der Waals surface area contributed by atoms with E-state index >= 15 is 0 Å². The van der Waals surface area contributed by atoms with Crippen LogP contribution in [0.4, 0.5) is 26.3 Å². The van der Waals surface area contributed by atoms with Crippen molar-refractivity contribution in [2.75, 3.05) is 0 Å². The van der Waals surface area contributed by atoms with Gasteiger partial charge in [-0.1, -0.05) is 0 Å². The minimum atomic E-state index is -5.12. The highest BCUT2D eigenvalue weighted by Crippen LogP contribution is 2.39. The summed E-state index contributed by atoms with van der Waals surface area (Å²) < 4.78 is 74.7. The van der Waals surface area contributed by atoms with E-state index < -0.39 is 34.8 Å². The van der Waals surface area contributed by atoms with Gasteiger partial charge in [0.2, 0.25) is 0 Å². The van der Waals surface area contributed by atoms with E-state index in [1.807, 2.05) is 0 Å². The van der Waals surface area contributed by atoms with Crippen LogP contribution >= 0.6 is 0 Å². The Bertz CT molecular complexity index is 386. The minimum Gasteiger partial charge on any atom is -0.376 e. The van der Waals surface area contributed by atoms with Crippen molar-refractivity contribution in [3.63, 3.8) is 0 Å². The average molecular weight is 244 g/mol. The van der Waals surface area contributed by atoms with Crippen LogP contribution in [0, 0.1) is 17.5 Å². The molecule has 1 aromatic rings. The zero-order valence-corrected chi connectivity index (χ0v) is 7.87. The molecule has 0 heterocycles. The summed E-state index contributed by atoms with van der Waals surface area (Å²) in [6, 6.07) is 0.206. The lowest BCUT2D eigenvalue weighted by Crippen LogP contribution is -2.39. The lowest BCUT2D eigenvalue weighted by Gasteiger charge is -2.26. The van der Waals surface area contributed by atoms with Gasteiger partial charge in [0.25, 0.3) is 0 Å². The molecule has 7 heteroatoms. The van der Waals surface area contributed by atoms with E-state index in [9.17, 15) is 26.3 Å². The molecule has 16 heavy (non-hydrogen) atoms. The van der Waals surface area contributed by atoms with Crippen molar-refractivity contribution < 1.29 is 31.4 Å². The second-order valence-electron chi connectivity index (χ2n) is 3.32. The molecule has 0 fully saturated rings. The molecular formula is C9H6F6O. The largest absolute Gasteiger partial charge is 0.421 e. The van der Waals surface area contributed by atoms with E-state index in [2.05, 4.69) is 0 Å². The summed E-state index contributed by atoms with van der Waals surface area (Å²) in [6.45, 7) is 0.319. The number of rotatable bonds is 1. The molecule has 0 spiro atoms. The first-order chi connectivity index (χ1) is 7.07. The summed E-state index contributed by atoms with van der Waals surface area (Å²) in [5.74, 6) is -5.47. The van der Waals surface area contributed by atoms with Crippen molar-refractivity contribution in [1.82, 2.24) is 0 Å². The second-order valence-corrected chi connectivity index (χ2v) is 3.32. The smallest absolute Gasteiger partial charge is 0.376 e. The molecule has 0 aromatic heterocycles. The molecule has 0 bridgehead atoms. The minimum absolute atomic E-state index is 0.103. The maximum atomic E-state index is 12.7. The predicted molar refractivity (Wildman–Crippen MR) is 41.9 cm³/mol. The Labute approximate surface area is 86.3 Å². The van der Waals surface area contributed by atoms with Crippen molar-refractivity contribution >= 4 is 0 Å². The Morgan fingerprint density at radius 2 is 1.38 bits per heavy atom. The quantitative estimate of drug-likeness (QED) is 0.595. The van der Waals surface area contributed by atoms with Gasteiger partial charge in [0.1, 0.15) is 0 Å². The fourth-order valence-electron chi connectivity index (χ4n) is 1.00. The SMILES string of the molecule is CC(O)(c1cc(F)c(F)c(F)c1)C(F)(F)F. The second kappa shape index (κ2) is 3.65. The first-order valence-corrected chi connectivity index (χ1v) is 4.01. The van der Waals surface area contributed by atoms with E-state index in [1.54, 1.807) is 0 Å². The van der Waals surface area contributed by atoms with Gasteiger partial charge in [-0.3, -0.25) is 0 Å². The number of halogens is 6. The molecule has 1 nitrogen and oxygen atoms in total. The van der Waals surface area contributed by atoms with Crippen LogP contribution in [0.1, 0.15) is 12.5 Å². The van der Waals surface area contributed by atoms with Crippen molar-refractivity contribution in [3.05, 3.63) is 35.1 Å². The molecule has 1 rings (SSSR count). The summed E-state index contributed by atoms with van der Waals surface area (Å²) in [4.78, 5) is 0. The van der Waals surface area contributed by atoms with Crippen LogP contribution in [0.2, 0.25) is 0 Å². The van der Waals surface area contributed by atoms with Gasteiger partial charge in [-0.25, -0.2) is 13.2 Å². The van der Waals surface area contributed by atoms with Crippen LogP contribution in [-0.4, -0.2) is 11.3 Å². The molecule has 0 saturated heterocycles. The molecular weight excluding hydrogens is 238 g/mol. The van der Waals surface area contributed by atoms with Crippen LogP contribution in [0.25, 0.3) is 0 Å². The summed E-state index contributed by atoms with van der Waals surface area (Å²) in [5, 5.41) is 9.08. The number of hydrogen-bond donors (Lipinski definition) is 1. The Balaban J connectivity index is 3.35. The van der Waals surface area contributed by atoms with E-state index in [1.165, 1.54) is 0 Å².